The lowest BCUT2D eigenvalue weighted by atomic mass is 9.77. The van der Waals surface area contributed by atoms with Gasteiger partial charge in [-0.1, -0.05) is 46.3 Å². The fourth-order valence-electron chi connectivity index (χ4n) is 5.03. The Hall–Kier alpha value is -2.77. The van der Waals surface area contributed by atoms with Crippen LogP contribution in [0, 0.1) is 5.92 Å². The topological polar surface area (TPSA) is 69.6 Å². The molecule has 1 aliphatic carbocycles. The quantitative estimate of drug-likeness (QED) is 0.390. The van der Waals surface area contributed by atoms with E-state index in [4.69, 9.17) is 0 Å². The number of anilines is 2. The number of allylic oxidation sites excluding steroid dienone is 2. The van der Waals surface area contributed by atoms with Crippen molar-refractivity contribution in [1.29, 1.82) is 0 Å². The first-order valence-corrected chi connectivity index (χ1v) is 13.3. The van der Waals surface area contributed by atoms with Crippen molar-refractivity contribution in [2.24, 2.45) is 5.92 Å². The molecule has 3 atom stereocenters. The number of benzene rings is 3. The van der Waals surface area contributed by atoms with Gasteiger partial charge in [-0.3, -0.25) is 4.31 Å². The van der Waals surface area contributed by atoms with E-state index in [0.29, 0.717) is 12.2 Å². The average Bonchev–Trinajstić information content (AvgIpc) is 3.31. The van der Waals surface area contributed by atoms with Gasteiger partial charge in [0.05, 0.1) is 16.6 Å². The molecule has 0 spiro atoms. The molecule has 0 bridgehead atoms. The number of hydrogen-bond acceptors (Lipinski definition) is 4. The van der Waals surface area contributed by atoms with E-state index >= 15 is 0 Å². The molecule has 2 aliphatic rings. The van der Waals surface area contributed by atoms with E-state index in [9.17, 15) is 13.5 Å². The molecule has 0 radical (unpaired) electrons. The van der Waals surface area contributed by atoms with Crippen LogP contribution >= 0.6 is 15.9 Å². The van der Waals surface area contributed by atoms with Gasteiger partial charge in [0.25, 0.3) is 10.0 Å². The maximum atomic E-state index is 13.6. The van der Waals surface area contributed by atoms with Gasteiger partial charge in [-0.15, -0.1) is 0 Å². The molecule has 170 valence electrons. The van der Waals surface area contributed by atoms with Crippen LogP contribution in [0.5, 0.6) is 5.75 Å². The highest BCUT2D eigenvalue weighted by Crippen LogP contribution is 2.51. The summed E-state index contributed by atoms with van der Waals surface area (Å²) < 4.78 is 29.5. The summed E-state index contributed by atoms with van der Waals surface area (Å²) in [6.45, 7) is 2.19. The molecule has 0 amide bonds. The van der Waals surface area contributed by atoms with Crippen LogP contribution in [0.1, 0.15) is 36.4 Å². The second-order valence-corrected chi connectivity index (χ2v) is 11.2. The molecule has 7 heteroatoms. The van der Waals surface area contributed by atoms with Gasteiger partial charge in [-0.25, -0.2) is 8.42 Å². The molecule has 0 fully saturated rings. The molecule has 1 aliphatic heterocycles. The molecular formula is C26H25BrN2O3S. The highest BCUT2D eigenvalue weighted by Gasteiger charge is 2.39. The molecule has 0 saturated carbocycles. The molecule has 0 saturated heterocycles. The molecule has 2 N–H and O–H groups in total. The van der Waals surface area contributed by atoms with Gasteiger partial charge in [0.15, 0.2) is 0 Å². The first-order valence-electron chi connectivity index (χ1n) is 11.0. The van der Waals surface area contributed by atoms with Crippen LogP contribution in [-0.4, -0.2) is 20.1 Å². The van der Waals surface area contributed by atoms with Crippen molar-refractivity contribution >= 4 is 37.3 Å². The zero-order chi connectivity index (χ0) is 23.2. The Labute approximate surface area is 202 Å². The minimum Gasteiger partial charge on any atom is -0.508 e. The summed E-state index contributed by atoms with van der Waals surface area (Å²) in [7, 11) is -3.71. The van der Waals surface area contributed by atoms with Gasteiger partial charge in [0, 0.05) is 28.2 Å². The number of halogens is 1. The normalized spacial score (nSPS) is 21.2. The zero-order valence-electron chi connectivity index (χ0n) is 18.1. The first-order chi connectivity index (χ1) is 15.9. The molecular weight excluding hydrogens is 500 g/mol. The lowest BCUT2D eigenvalue weighted by Gasteiger charge is -2.38. The third-order valence-corrected chi connectivity index (χ3v) is 8.97. The van der Waals surface area contributed by atoms with Gasteiger partial charge < -0.3 is 10.4 Å². The predicted octanol–water partition coefficient (Wildman–Crippen LogP) is 6.20. The SMILES string of the molecule is CCN(c1ccccc1)S(=O)(=O)c1ccc2c(c1)C1C=CCC1C(c1cc(Br)ccc1O)N2. The number of hydrogen-bond donors (Lipinski definition) is 2. The minimum atomic E-state index is -3.71. The second-order valence-electron chi connectivity index (χ2n) is 8.43. The van der Waals surface area contributed by atoms with Crippen LogP contribution in [0.4, 0.5) is 11.4 Å². The Kier molecular flexibility index (Phi) is 5.70. The molecule has 33 heavy (non-hydrogen) atoms. The van der Waals surface area contributed by atoms with Crippen molar-refractivity contribution in [2.45, 2.75) is 30.2 Å². The number of nitrogens with zero attached hydrogens (tertiary/aromatic N) is 1. The minimum absolute atomic E-state index is 0.0751. The van der Waals surface area contributed by atoms with E-state index in [-0.39, 0.29) is 28.5 Å². The molecule has 3 aromatic carbocycles. The highest BCUT2D eigenvalue weighted by molar-refractivity contribution is 9.10. The third kappa shape index (κ3) is 3.83. The van der Waals surface area contributed by atoms with E-state index < -0.39 is 10.0 Å². The summed E-state index contributed by atoms with van der Waals surface area (Å²) >= 11 is 3.51. The van der Waals surface area contributed by atoms with Crippen molar-refractivity contribution in [3.05, 3.63) is 94.5 Å². The van der Waals surface area contributed by atoms with Crippen LogP contribution < -0.4 is 9.62 Å². The van der Waals surface area contributed by atoms with E-state index in [1.165, 1.54) is 4.31 Å². The molecule has 3 aromatic rings. The maximum Gasteiger partial charge on any atom is 0.264 e. The fourth-order valence-corrected chi connectivity index (χ4v) is 6.92. The van der Waals surface area contributed by atoms with Crippen LogP contribution in [0.15, 0.2) is 88.3 Å². The van der Waals surface area contributed by atoms with E-state index in [1.54, 1.807) is 12.1 Å². The monoisotopic (exact) mass is 524 g/mol. The van der Waals surface area contributed by atoms with Gasteiger partial charge in [0.1, 0.15) is 5.75 Å². The molecule has 5 rings (SSSR count). The Morgan fingerprint density at radius 3 is 2.61 bits per heavy atom. The fraction of sp³-hybridized carbons (Fsp3) is 0.231. The lowest BCUT2D eigenvalue weighted by molar-refractivity contribution is 0.402. The average molecular weight is 525 g/mol. The molecule has 1 heterocycles. The van der Waals surface area contributed by atoms with Gasteiger partial charge in [0.2, 0.25) is 0 Å². The second kappa shape index (κ2) is 8.54. The van der Waals surface area contributed by atoms with E-state index in [1.807, 2.05) is 61.5 Å². The summed E-state index contributed by atoms with van der Waals surface area (Å²) in [6.07, 6.45) is 5.17. The van der Waals surface area contributed by atoms with Crippen LogP contribution in [-0.2, 0) is 10.0 Å². The third-order valence-electron chi connectivity index (χ3n) is 6.58. The summed E-state index contributed by atoms with van der Waals surface area (Å²) in [6, 6.07) is 19.9. The van der Waals surface area contributed by atoms with E-state index in [0.717, 1.165) is 27.7 Å². The summed E-state index contributed by atoms with van der Waals surface area (Å²) in [5, 5.41) is 14.1. The summed E-state index contributed by atoms with van der Waals surface area (Å²) in [4.78, 5) is 0.288. The Morgan fingerprint density at radius 2 is 1.85 bits per heavy atom. The Morgan fingerprint density at radius 1 is 1.06 bits per heavy atom. The van der Waals surface area contributed by atoms with Gasteiger partial charge in [-0.2, -0.15) is 0 Å². The standard InChI is InChI=1S/C26H25BrN2O3S/c1-2-29(18-7-4-3-5-8-18)33(31,32)19-12-13-24-22(16-19)20-9-6-10-21(20)26(28-24)23-15-17(27)11-14-25(23)30/h3-9,11-16,20-21,26,28,30H,2,10H2,1H3. The molecule has 3 unspecified atom stereocenters. The largest absolute Gasteiger partial charge is 0.508 e. The lowest BCUT2D eigenvalue weighted by Crippen LogP contribution is -2.32. The number of fused-ring (bicyclic) bond motifs is 3. The Bertz CT molecular complexity index is 1320. The number of nitrogens with one attached hydrogen (secondary N) is 1. The van der Waals surface area contributed by atoms with Crippen LogP contribution in [0.25, 0.3) is 0 Å². The first kappa shape index (κ1) is 22.0. The van der Waals surface area contributed by atoms with Gasteiger partial charge >= 0.3 is 0 Å². The van der Waals surface area contributed by atoms with Gasteiger partial charge in [-0.05, 0) is 73.4 Å². The van der Waals surface area contributed by atoms with Crippen molar-refractivity contribution in [2.75, 3.05) is 16.2 Å². The number of phenolic OH excluding ortho intramolecular Hbond substituents is 1. The number of sulfonamides is 1. The number of phenols is 1. The summed E-state index contributed by atoms with van der Waals surface area (Å²) in [5.74, 6) is 0.518. The molecule has 0 aromatic heterocycles. The number of para-hydroxylation sites is 1. The number of rotatable bonds is 5. The zero-order valence-corrected chi connectivity index (χ0v) is 20.6. The van der Waals surface area contributed by atoms with E-state index in [2.05, 4.69) is 33.4 Å². The summed E-state index contributed by atoms with van der Waals surface area (Å²) in [5.41, 5.74) is 3.37. The smallest absolute Gasteiger partial charge is 0.264 e. The highest BCUT2D eigenvalue weighted by atomic mass is 79.9. The number of aromatic hydroxyl groups is 1. The van der Waals surface area contributed by atoms with Crippen LogP contribution in [0.3, 0.4) is 0 Å². The van der Waals surface area contributed by atoms with Crippen molar-refractivity contribution in [3.63, 3.8) is 0 Å². The maximum absolute atomic E-state index is 13.6. The molecule has 5 nitrogen and oxygen atoms in total. The van der Waals surface area contributed by atoms with Crippen molar-refractivity contribution in [1.82, 2.24) is 0 Å². The predicted molar refractivity (Wildman–Crippen MR) is 135 cm³/mol. The van der Waals surface area contributed by atoms with Crippen molar-refractivity contribution < 1.29 is 13.5 Å². The Balaban J connectivity index is 1.55. The van der Waals surface area contributed by atoms with Crippen LogP contribution in [0.2, 0.25) is 0 Å². The van der Waals surface area contributed by atoms with Crippen molar-refractivity contribution in [3.8, 4) is 5.75 Å².